The molecule has 0 radical (unpaired) electrons. The Kier molecular flexibility index (Phi) is 4.81. The lowest BCUT2D eigenvalue weighted by Crippen LogP contribution is -2.29. The summed E-state index contributed by atoms with van der Waals surface area (Å²) in [5, 5.41) is 1.77. The molecule has 3 aromatic rings. The lowest BCUT2D eigenvalue weighted by Gasteiger charge is -2.24. The number of carbonyl (C=O) groups is 2. The minimum absolute atomic E-state index is 0.138. The smallest absolute Gasteiger partial charge is 0.348 e. The van der Waals surface area contributed by atoms with Gasteiger partial charge in [-0.2, -0.15) is 0 Å². The number of esters is 2. The molecule has 5 nitrogen and oxygen atoms in total. The van der Waals surface area contributed by atoms with Gasteiger partial charge in [-0.15, -0.1) is 0 Å². The van der Waals surface area contributed by atoms with Crippen LogP contribution < -0.4 is 4.74 Å². The molecule has 1 fully saturated rings. The fourth-order valence-electron chi connectivity index (χ4n) is 3.15. The van der Waals surface area contributed by atoms with E-state index in [4.69, 9.17) is 14.2 Å². The van der Waals surface area contributed by atoms with Gasteiger partial charge in [0, 0.05) is 10.9 Å². The molecule has 5 heteroatoms. The highest BCUT2D eigenvalue weighted by Gasteiger charge is 2.34. The number of fused-ring (bicyclic) bond motifs is 1. The Balaban J connectivity index is 1.69. The van der Waals surface area contributed by atoms with Gasteiger partial charge in [-0.05, 0) is 30.0 Å². The lowest BCUT2D eigenvalue weighted by molar-refractivity contribution is -0.195. The largest absolute Gasteiger partial charge is 0.493 e. The summed E-state index contributed by atoms with van der Waals surface area (Å²) < 4.78 is 16.3. The third-order valence-corrected chi connectivity index (χ3v) is 4.46. The summed E-state index contributed by atoms with van der Waals surface area (Å²) in [5.41, 5.74) is 1.18. The second-order valence-electron chi connectivity index (χ2n) is 6.24. The highest BCUT2D eigenvalue weighted by molar-refractivity contribution is 6.19. The average Bonchev–Trinajstić information content (AvgIpc) is 2.72. The minimum Gasteiger partial charge on any atom is -0.493 e. The molecular formula is C23H18O5. The first kappa shape index (κ1) is 17.8. The van der Waals surface area contributed by atoms with E-state index in [-0.39, 0.29) is 5.57 Å². The zero-order valence-corrected chi connectivity index (χ0v) is 15.3. The molecule has 0 aromatic heterocycles. The van der Waals surface area contributed by atoms with Crippen LogP contribution in [0.5, 0.6) is 5.75 Å². The first-order chi connectivity index (χ1) is 13.7. The van der Waals surface area contributed by atoms with E-state index in [0.29, 0.717) is 17.7 Å². The van der Waals surface area contributed by atoms with E-state index in [2.05, 4.69) is 0 Å². The maximum Gasteiger partial charge on any atom is 0.348 e. The highest BCUT2D eigenvalue weighted by atomic mass is 16.7. The van der Waals surface area contributed by atoms with E-state index in [0.717, 1.165) is 16.5 Å². The molecule has 1 saturated heterocycles. The number of cyclic esters (lactones) is 2. The Morgan fingerprint density at radius 1 is 0.857 bits per heavy atom. The third-order valence-electron chi connectivity index (χ3n) is 4.46. The molecule has 0 aliphatic carbocycles. The van der Waals surface area contributed by atoms with Crippen molar-refractivity contribution in [3.05, 3.63) is 83.4 Å². The number of carbonyl (C=O) groups excluding carboxylic acids is 2. The molecule has 4 rings (SSSR count). The van der Waals surface area contributed by atoms with E-state index in [9.17, 15) is 9.59 Å². The number of hydrogen-bond donors (Lipinski definition) is 0. The van der Waals surface area contributed by atoms with Gasteiger partial charge in [0.15, 0.2) is 0 Å². The van der Waals surface area contributed by atoms with Crippen molar-refractivity contribution in [1.29, 1.82) is 0 Å². The van der Waals surface area contributed by atoms with Crippen molar-refractivity contribution in [3.63, 3.8) is 0 Å². The van der Waals surface area contributed by atoms with Crippen molar-refractivity contribution < 1.29 is 23.8 Å². The van der Waals surface area contributed by atoms with Crippen LogP contribution in [0.1, 0.15) is 24.3 Å². The second kappa shape index (κ2) is 7.56. The Bertz CT molecular complexity index is 1050. The van der Waals surface area contributed by atoms with Crippen molar-refractivity contribution in [2.75, 3.05) is 6.61 Å². The van der Waals surface area contributed by atoms with Crippen LogP contribution in [0.4, 0.5) is 0 Å². The van der Waals surface area contributed by atoms with Gasteiger partial charge in [0.1, 0.15) is 11.3 Å². The normalized spacial score (nSPS) is 16.5. The molecule has 1 aliphatic heterocycles. The van der Waals surface area contributed by atoms with Crippen molar-refractivity contribution in [1.82, 2.24) is 0 Å². The molecule has 1 heterocycles. The topological polar surface area (TPSA) is 61.8 Å². The van der Waals surface area contributed by atoms with Gasteiger partial charge in [-0.25, -0.2) is 9.59 Å². The van der Waals surface area contributed by atoms with Crippen LogP contribution in [-0.4, -0.2) is 18.5 Å². The van der Waals surface area contributed by atoms with Crippen molar-refractivity contribution in [2.24, 2.45) is 0 Å². The van der Waals surface area contributed by atoms with E-state index < -0.39 is 18.2 Å². The van der Waals surface area contributed by atoms with Gasteiger partial charge in [0.25, 0.3) is 6.29 Å². The summed E-state index contributed by atoms with van der Waals surface area (Å²) in [6.07, 6.45) is 0.472. The SMILES string of the molecule is CCOc1ccc(C=C2C(=O)OC(c3ccccc3)OC2=O)c2ccccc12. The monoisotopic (exact) mass is 374 g/mol. The van der Waals surface area contributed by atoms with Crippen LogP contribution in [0.25, 0.3) is 16.8 Å². The molecule has 0 unspecified atom stereocenters. The average molecular weight is 374 g/mol. The van der Waals surface area contributed by atoms with Crippen LogP contribution in [0.2, 0.25) is 0 Å². The van der Waals surface area contributed by atoms with Gasteiger partial charge in [-0.3, -0.25) is 0 Å². The standard InChI is InChI=1S/C23H18O5/c1-2-26-20-13-12-16(17-10-6-7-11-18(17)20)14-19-21(24)27-23(28-22(19)25)15-8-4-3-5-9-15/h3-14,23H,2H2,1H3. The molecule has 1 aliphatic rings. The summed E-state index contributed by atoms with van der Waals surface area (Å²) in [6.45, 7) is 2.46. The van der Waals surface area contributed by atoms with Crippen LogP contribution in [0.15, 0.2) is 72.3 Å². The van der Waals surface area contributed by atoms with E-state index in [1.54, 1.807) is 24.3 Å². The predicted molar refractivity (Wildman–Crippen MR) is 104 cm³/mol. The van der Waals surface area contributed by atoms with Crippen molar-refractivity contribution in [2.45, 2.75) is 13.2 Å². The lowest BCUT2D eigenvalue weighted by atomic mass is 10.0. The molecule has 0 atom stereocenters. The summed E-state index contributed by atoms with van der Waals surface area (Å²) >= 11 is 0. The van der Waals surface area contributed by atoms with Crippen LogP contribution >= 0.6 is 0 Å². The number of ether oxygens (including phenoxy) is 3. The van der Waals surface area contributed by atoms with E-state index in [1.807, 2.05) is 49.4 Å². The van der Waals surface area contributed by atoms with E-state index in [1.165, 1.54) is 6.08 Å². The van der Waals surface area contributed by atoms with Gasteiger partial charge < -0.3 is 14.2 Å². The maximum absolute atomic E-state index is 12.5. The van der Waals surface area contributed by atoms with Gasteiger partial charge >= 0.3 is 11.9 Å². The first-order valence-electron chi connectivity index (χ1n) is 9.00. The summed E-state index contributed by atoms with van der Waals surface area (Å²) in [4.78, 5) is 25.0. The second-order valence-corrected chi connectivity index (χ2v) is 6.24. The summed E-state index contributed by atoms with van der Waals surface area (Å²) in [7, 11) is 0. The molecule has 0 amide bonds. The zero-order valence-electron chi connectivity index (χ0n) is 15.3. The van der Waals surface area contributed by atoms with Gasteiger partial charge in [0.2, 0.25) is 0 Å². The molecule has 0 saturated carbocycles. The molecule has 140 valence electrons. The fourth-order valence-corrected chi connectivity index (χ4v) is 3.15. The number of benzene rings is 3. The van der Waals surface area contributed by atoms with Gasteiger partial charge in [0.05, 0.1) is 6.61 Å². The van der Waals surface area contributed by atoms with Crippen molar-refractivity contribution in [3.8, 4) is 5.75 Å². The quantitative estimate of drug-likeness (QED) is 0.384. The predicted octanol–water partition coefficient (Wildman–Crippen LogP) is 4.42. The molecule has 3 aromatic carbocycles. The first-order valence-corrected chi connectivity index (χ1v) is 9.00. The van der Waals surface area contributed by atoms with Crippen LogP contribution in [-0.2, 0) is 19.1 Å². The zero-order chi connectivity index (χ0) is 19.5. The maximum atomic E-state index is 12.5. The number of hydrogen-bond acceptors (Lipinski definition) is 5. The summed E-state index contributed by atoms with van der Waals surface area (Å²) in [6, 6.07) is 20.2. The molecule has 0 N–H and O–H groups in total. The Hall–Kier alpha value is -3.60. The van der Waals surface area contributed by atoms with Gasteiger partial charge in [-0.1, -0.05) is 60.7 Å². The minimum atomic E-state index is -1.03. The van der Waals surface area contributed by atoms with Crippen LogP contribution in [0.3, 0.4) is 0 Å². The Labute approximate surface area is 162 Å². The Morgan fingerprint density at radius 3 is 2.18 bits per heavy atom. The Morgan fingerprint density at radius 2 is 1.50 bits per heavy atom. The molecule has 0 bridgehead atoms. The molecular weight excluding hydrogens is 356 g/mol. The van der Waals surface area contributed by atoms with Crippen molar-refractivity contribution >= 4 is 28.8 Å². The van der Waals surface area contributed by atoms with Crippen LogP contribution in [0, 0.1) is 0 Å². The molecule has 0 spiro atoms. The molecule has 28 heavy (non-hydrogen) atoms. The highest BCUT2D eigenvalue weighted by Crippen LogP contribution is 2.32. The van der Waals surface area contributed by atoms with E-state index >= 15 is 0 Å². The fraction of sp³-hybridized carbons (Fsp3) is 0.130. The number of rotatable bonds is 4. The third kappa shape index (κ3) is 3.34. The summed E-state index contributed by atoms with van der Waals surface area (Å²) in [5.74, 6) is -0.663.